The lowest BCUT2D eigenvalue weighted by atomic mass is 9.76. The van der Waals surface area contributed by atoms with Gasteiger partial charge in [-0.1, -0.05) is 49.6 Å². The molecule has 0 amide bonds. The molecule has 1 saturated carbocycles. The van der Waals surface area contributed by atoms with Crippen molar-refractivity contribution in [1.82, 2.24) is 5.32 Å². The second-order valence-corrected chi connectivity index (χ2v) is 5.39. The van der Waals surface area contributed by atoms with Crippen LogP contribution in [0, 0.1) is 0 Å². The molecule has 1 N–H and O–H groups in total. The molecular weight excluding hydrogens is 258 g/mol. The van der Waals surface area contributed by atoms with E-state index in [0.29, 0.717) is 6.42 Å². The molecule has 19 heavy (non-hydrogen) atoms. The van der Waals surface area contributed by atoms with Crippen LogP contribution in [0.5, 0.6) is 0 Å². The number of carbonyl (C=O) groups excluding carboxylic acids is 1. The van der Waals surface area contributed by atoms with Gasteiger partial charge in [0, 0.05) is 18.5 Å². The van der Waals surface area contributed by atoms with E-state index < -0.39 is 0 Å². The minimum Gasteiger partial charge on any atom is -0.307 e. The molecule has 1 aliphatic carbocycles. The number of nitrogens with one attached hydrogen (secondary N) is 1. The summed E-state index contributed by atoms with van der Waals surface area (Å²) >= 11 is 0. The summed E-state index contributed by atoms with van der Waals surface area (Å²) in [6, 6.07) is 10.7. The Morgan fingerprint density at radius 3 is 2.37 bits per heavy atom. The number of benzene rings is 1. The zero-order valence-electron chi connectivity index (χ0n) is 11.7. The van der Waals surface area contributed by atoms with Crippen LogP contribution in [-0.4, -0.2) is 12.3 Å². The summed E-state index contributed by atoms with van der Waals surface area (Å²) < 4.78 is 0. The molecule has 0 aliphatic heterocycles. The molecule has 3 heteroatoms. The van der Waals surface area contributed by atoms with Crippen LogP contribution in [-0.2, 0) is 10.3 Å². The van der Waals surface area contributed by atoms with Crippen molar-refractivity contribution >= 4 is 18.2 Å². The van der Waals surface area contributed by atoms with Gasteiger partial charge >= 0.3 is 0 Å². The van der Waals surface area contributed by atoms with Gasteiger partial charge in [-0.15, -0.1) is 12.4 Å². The van der Waals surface area contributed by atoms with Gasteiger partial charge in [-0.2, -0.15) is 0 Å². The molecule has 0 atom stereocenters. The predicted molar refractivity (Wildman–Crippen MR) is 81.8 cm³/mol. The monoisotopic (exact) mass is 281 g/mol. The van der Waals surface area contributed by atoms with Crippen molar-refractivity contribution in [3.8, 4) is 0 Å². The summed E-state index contributed by atoms with van der Waals surface area (Å²) in [7, 11) is 0. The lowest BCUT2D eigenvalue weighted by molar-refractivity contribution is -0.117. The Morgan fingerprint density at radius 1 is 1.16 bits per heavy atom. The molecule has 2 nitrogen and oxygen atoms in total. The number of hydrogen-bond donors (Lipinski definition) is 1. The standard InChI is InChI=1S/C16H23NO.ClH/c1-14(18)10-13-17-16(11-6-3-7-12-16)15-8-4-2-5-9-15;/h2,4-5,8-9,17H,3,6-7,10-13H2,1H3;1H. The van der Waals surface area contributed by atoms with Crippen molar-refractivity contribution in [3.05, 3.63) is 35.9 Å². The largest absolute Gasteiger partial charge is 0.307 e. The highest BCUT2D eigenvalue weighted by Gasteiger charge is 2.32. The highest BCUT2D eigenvalue weighted by molar-refractivity contribution is 5.85. The molecule has 0 saturated heterocycles. The Kier molecular flexibility index (Phi) is 6.53. The molecule has 1 aromatic carbocycles. The third kappa shape index (κ3) is 4.32. The lowest BCUT2D eigenvalue weighted by Crippen LogP contribution is -2.44. The topological polar surface area (TPSA) is 29.1 Å². The summed E-state index contributed by atoms with van der Waals surface area (Å²) in [5, 5.41) is 3.66. The normalized spacial score (nSPS) is 17.5. The Balaban J connectivity index is 0.00000180. The van der Waals surface area contributed by atoms with E-state index in [-0.39, 0.29) is 23.7 Å². The van der Waals surface area contributed by atoms with Crippen molar-refractivity contribution in [2.24, 2.45) is 0 Å². The smallest absolute Gasteiger partial charge is 0.131 e. The van der Waals surface area contributed by atoms with E-state index in [0.717, 1.165) is 6.54 Å². The van der Waals surface area contributed by atoms with Crippen LogP contribution >= 0.6 is 12.4 Å². The summed E-state index contributed by atoms with van der Waals surface area (Å²) in [5.41, 5.74) is 1.49. The zero-order chi connectivity index (χ0) is 12.8. The molecule has 0 unspecified atom stereocenters. The number of Topliss-reactive ketones (excluding diaryl/α,β-unsaturated/α-hetero) is 1. The Hall–Kier alpha value is -0.860. The van der Waals surface area contributed by atoms with Gasteiger partial charge in [0.2, 0.25) is 0 Å². The zero-order valence-corrected chi connectivity index (χ0v) is 12.5. The summed E-state index contributed by atoms with van der Waals surface area (Å²) in [4.78, 5) is 11.1. The highest BCUT2D eigenvalue weighted by atomic mass is 35.5. The van der Waals surface area contributed by atoms with E-state index in [1.807, 2.05) is 0 Å². The van der Waals surface area contributed by atoms with Crippen LogP contribution in [0.1, 0.15) is 51.0 Å². The molecule has 1 aliphatic rings. The van der Waals surface area contributed by atoms with E-state index in [9.17, 15) is 4.79 Å². The maximum Gasteiger partial charge on any atom is 0.131 e. The fraction of sp³-hybridized carbons (Fsp3) is 0.562. The lowest BCUT2D eigenvalue weighted by Gasteiger charge is -2.39. The molecule has 0 aromatic heterocycles. The van der Waals surface area contributed by atoms with Crippen LogP contribution in [0.4, 0.5) is 0 Å². The minimum absolute atomic E-state index is 0. The van der Waals surface area contributed by atoms with Gasteiger partial charge in [-0.3, -0.25) is 4.79 Å². The average molecular weight is 282 g/mol. The average Bonchev–Trinajstić information content (AvgIpc) is 2.40. The fourth-order valence-corrected chi connectivity index (χ4v) is 2.96. The van der Waals surface area contributed by atoms with Gasteiger partial charge < -0.3 is 5.32 Å². The quantitative estimate of drug-likeness (QED) is 0.888. The molecule has 1 aromatic rings. The molecule has 0 radical (unpaired) electrons. The number of rotatable bonds is 5. The molecule has 2 rings (SSSR count). The third-order valence-corrected chi connectivity index (χ3v) is 3.97. The van der Waals surface area contributed by atoms with E-state index in [4.69, 9.17) is 0 Å². The highest BCUT2D eigenvalue weighted by Crippen LogP contribution is 2.36. The molecule has 0 bridgehead atoms. The Labute approximate surface area is 122 Å². The van der Waals surface area contributed by atoms with Crippen molar-refractivity contribution in [2.75, 3.05) is 6.54 Å². The second-order valence-electron chi connectivity index (χ2n) is 5.39. The SMILES string of the molecule is CC(=O)CCNC1(c2ccccc2)CCCCC1.Cl. The van der Waals surface area contributed by atoms with Crippen molar-refractivity contribution in [2.45, 2.75) is 51.0 Å². The van der Waals surface area contributed by atoms with Crippen LogP contribution < -0.4 is 5.32 Å². The summed E-state index contributed by atoms with van der Waals surface area (Å²) in [6.07, 6.45) is 6.91. The summed E-state index contributed by atoms with van der Waals surface area (Å²) in [5.74, 6) is 0.265. The first-order valence-corrected chi connectivity index (χ1v) is 7.03. The number of ketones is 1. The Morgan fingerprint density at radius 2 is 1.79 bits per heavy atom. The molecule has 1 fully saturated rings. The van der Waals surface area contributed by atoms with Crippen LogP contribution in [0.2, 0.25) is 0 Å². The van der Waals surface area contributed by atoms with Gasteiger partial charge in [0.25, 0.3) is 0 Å². The number of carbonyl (C=O) groups is 1. The van der Waals surface area contributed by atoms with Crippen molar-refractivity contribution in [3.63, 3.8) is 0 Å². The van der Waals surface area contributed by atoms with E-state index in [2.05, 4.69) is 35.6 Å². The fourth-order valence-electron chi connectivity index (χ4n) is 2.96. The van der Waals surface area contributed by atoms with Crippen LogP contribution in [0.15, 0.2) is 30.3 Å². The van der Waals surface area contributed by atoms with E-state index in [1.165, 1.54) is 37.7 Å². The molecular formula is C16H24ClNO. The van der Waals surface area contributed by atoms with Crippen LogP contribution in [0.3, 0.4) is 0 Å². The third-order valence-electron chi connectivity index (χ3n) is 3.97. The molecule has 0 heterocycles. The maximum atomic E-state index is 11.1. The Bertz CT molecular complexity index is 385. The minimum atomic E-state index is 0. The van der Waals surface area contributed by atoms with Gasteiger partial charge in [-0.25, -0.2) is 0 Å². The van der Waals surface area contributed by atoms with Crippen molar-refractivity contribution < 1.29 is 4.79 Å². The van der Waals surface area contributed by atoms with Gasteiger partial charge in [0.1, 0.15) is 5.78 Å². The number of hydrogen-bond acceptors (Lipinski definition) is 2. The van der Waals surface area contributed by atoms with E-state index >= 15 is 0 Å². The maximum absolute atomic E-state index is 11.1. The first-order valence-electron chi connectivity index (χ1n) is 7.03. The summed E-state index contributed by atoms with van der Waals surface area (Å²) in [6.45, 7) is 2.46. The van der Waals surface area contributed by atoms with Gasteiger partial charge in [0.15, 0.2) is 0 Å². The van der Waals surface area contributed by atoms with Gasteiger partial charge in [0.05, 0.1) is 0 Å². The molecule has 106 valence electrons. The second kappa shape index (κ2) is 7.66. The van der Waals surface area contributed by atoms with Crippen molar-refractivity contribution in [1.29, 1.82) is 0 Å². The number of halogens is 1. The van der Waals surface area contributed by atoms with Gasteiger partial charge in [-0.05, 0) is 25.3 Å². The first kappa shape index (κ1) is 16.2. The predicted octanol–water partition coefficient (Wildman–Crippen LogP) is 3.84. The van der Waals surface area contributed by atoms with Crippen LogP contribution in [0.25, 0.3) is 0 Å². The molecule has 0 spiro atoms. The first-order chi connectivity index (χ1) is 8.73. The van der Waals surface area contributed by atoms with E-state index in [1.54, 1.807) is 6.92 Å².